The molecule has 126 valence electrons. The Bertz CT molecular complexity index is 812. The summed E-state index contributed by atoms with van der Waals surface area (Å²) in [6, 6.07) is 6.29. The molecule has 1 aliphatic heterocycles. The van der Waals surface area contributed by atoms with Crippen LogP contribution in [0.3, 0.4) is 0 Å². The minimum Gasteiger partial charge on any atom is -0.507 e. The maximum absolute atomic E-state index is 12.7. The molecule has 0 bridgehead atoms. The van der Waals surface area contributed by atoms with Gasteiger partial charge in [-0.1, -0.05) is 6.07 Å². The fourth-order valence-corrected chi connectivity index (χ4v) is 2.85. The lowest BCUT2D eigenvalue weighted by molar-refractivity contribution is 0.0825. The molecule has 6 heteroatoms. The first-order valence-electron chi connectivity index (χ1n) is 7.50. The van der Waals surface area contributed by atoms with E-state index in [4.69, 9.17) is 9.47 Å². The molecule has 0 unspecified atom stereocenters. The van der Waals surface area contributed by atoms with E-state index < -0.39 is 5.92 Å². The molecule has 6 nitrogen and oxygen atoms in total. The summed E-state index contributed by atoms with van der Waals surface area (Å²) in [5.74, 6) is -0.543. The van der Waals surface area contributed by atoms with Crippen molar-refractivity contribution in [2.75, 3.05) is 13.7 Å². The predicted molar refractivity (Wildman–Crippen MR) is 86.2 cm³/mol. The largest absolute Gasteiger partial charge is 0.507 e. The molecule has 0 radical (unpaired) electrons. The number of Topliss-reactive ketones (excluding diaryl/α,β-unsaturated/α-hetero) is 1. The maximum Gasteiger partial charge on any atom is 0.177 e. The first-order valence-corrected chi connectivity index (χ1v) is 7.50. The molecule has 1 heterocycles. The summed E-state index contributed by atoms with van der Waals surface area (Å²) >= 11 is 0. The zero-order valence-electron chi connectivity index (χ0n) is 13.4. The number of carbonyl (C=O) groups excluding carboxylic acids is 1. The van der Waals surface area contributed by atoms with Gasteiger partial charge < -0.3 is 24.8 Å². The molecule has 3 N–H and O–H groups in total. The highest BCUT2D eigenvalue weighted by Gasteiger charge is 2.33. The molecule has 0 amide bonds. The van der Waals surface area contributed by atoms with Crippen LogP contribution in [0.1, 0.15) is 21.5 Å². The van der Waals surface area contributed by atoms with Crippen molar-refractivity contribution in [2.45, 2.75) is 13.3 Å². The predicted octanol–water partition coefficient (Wildman–Crippen LogP) is 2.55. The molecule has 1 atom stereocenters. The van der Waals surface area contributed by atoms with Crippen molar-refractivity contribution in [2.24, 2.45) is 5.92 Å². The topological polar surface area (TPSA) is 96.2 Å². The zero-order chi connectivity index (χ0) is 17.4. The average molecular weight is 330 g/mol. The van der Waals surface area contributed by atoms with Gasteiger partial charge in [0.05, 0.1) is 19.6 Å². The number of ether oxygens (including phenoxy) is 2. The third-order valence-electron chi connectivity index (χ3n) is 4.27. The summed E-state index contributed by atoms with van der Waals surface area (Å²) in [6.45, 7) is 1.67. The molecular weight excluding hydrogens is 312 g/mol. The van der Waals surface area contributed by atoms with Crippen LogP contribution in [0.15, 0.2) is 24.3 Å². The number of methoxy groups -OCH3 is 1. The van der Waals surface area contributed by atoms with Gasteiger partial charge in [0.2, 0.25) is 0 Å². The molecular formula is C18H18O6. The molecule has 0 aliphatic carbocycles. The van der Waals surface area contributed by atoms with E-state index in [1.807, 2.05) is 0 Å². The summed E-state index contributed by atoms with van der Waals surface area (Å²) < 4.78 is 10.5. The van der Waals surface area contributed by atoms with Crippen LogP contribution >= 0.6 is 0 Å². The van der Waals surface area contributed by atoms with Crippen LogP contribution < -0.4 is 9.47 Å². The number of hydrogen-bond donors (Lipinski definition) is 3. The van der Waals surface area contributed by atoms with E-state index in [1.54, 1.807) is 18.2 Å². The number of benzene rings is 2. The van der Waals surface area contributed by atoms with Gasteiger partial charge in [-0.05, 0) is 31.0 Å². The van der Waals surface area contributed by atoms with Gasteiger partial charge in [0.1, 0.15) is 22.8 Å². The molecule has 24 heavy (non-hydrogen) atoms. The van der Waals surface area contributed by atoms with Crippen LogP contribution in [0, 0.1) is 12.8 Å². The van der Waals surface area contributed by atoms with Crippen LogP contribution in [0.5, 0.6) is 28.7 Å². The summed E-state index contributed by atoms with van der Waals surface area (Å²) in [5, 5.41) is 29.8. The summed E-state index contributed by atoms with van der Waals surface area (Å²) in [6.07, 6.45) is 0.356. The monoisotopic (exact) mass is 330 g/mol. The molecule has 1 aliphatic rings. The quantitative estimate of drug-likeness (QED) is 0.800. The lowest BCUT2D eigenvalue weighted by atomic mass is 9.88. The van der Waals surface area contributed by atoms with E-state index >= 15 is 0 Å². The maximum atomic E-state index is 12.7. The Hall–Kier alpha value is -2.89. The van der Waals surface area contributed by atoms with E-state index in [2.05, 4.69) is 0 Å². The fraction of sp³-hybridized carbons (Fsp3) is 0.278. The number of fused-ring (bicyclic) bond motifs is 1. The number of rotatable bonds is 3. The van der Waals surface area contributed by atoms with E-state index in [-0.39, 0.29) is 46.5 Å². The van der Waals surface area contributed by atoms with Crippen molar-refractivity contribution in [3.8, 4) is 28.7 Å². The van der Waals surface area contributed by atoms with E-state index in [9.17, 15) is 20.1 Å². The molecule has 2 aromatic rings. The Morgan fingerprint density at radius 2 is 1.96 bits per heavy atom. The van der Waals surface area contributed by atoms with E-state index in [0.29, 0.717) is 12.2 Å². The van der Waals surface area contributed by atoms with Gasteiger partial charge in [-0.15, -0.1) is 0 Å². The Balaban J connectivity index is 1.89. The third kappa shape index (κ3) is 2.60. The van der Waals surface area contributed by atoms with Crippen molar-refractivity contribution < 1.29 is 29.6 Å². The minimum absolute atomic E-state index is 0.00295. The van der Waals surface area contributed by atoms with Crippen molar-refractivity contribution in [3.63, 3.8) is 0 Å². The molecule has 0 saturated carbocycles. The standard InChI is InChI=1S/C18H18O6/c1-9-12(19)7-15-16(17(9)21)18(22)11(8-24-15)5-10-3-4-14(23-2)13(20)6-10/h3-4,6-7,11,19-21H,5,8H2,1-2H3/t11-/m0/s1. The van der Waals surface area contributed by atoms with Gasteiger partial charge >= 0.3 is 0 Å². The van der Waals surface area contributed by atoms with Crippen LogP contribution in [-0.4, -0.2) is 34.8 Å². The smallest absolute Gasteiger partial charge is 0.177 e. The van der Waals surface area contributed by atoms with Crippen LogP contribution in [0.4, 0.5) is 0 Å². The van der Waals surface area contributed by atoms with Gasteiger partial charge in [0.15, 0.2) is 17.3 Å². The number of phenols is 3. The van der Waals surface area contributed by atoms with E-state index in [1.165, 1.54) is 20.1 Å². The summed E-state index contributed by atoms with van der Waals surface area (Å²) in [5.41, 5.74) is 1.10. The molecule has 0 aromatic heterocycles. The number of hydrogen-bond acceptors (Lipinski definition) is 6. The average Bonchev–Trinajstić information content (AvgIpc) is 2.55. The summed E-state index contributed by atoms with van der Waals surface area (Å²) in [7, 11) is 1.46. The van der Waals surface area contributed by atoms with Gasteiger partial charge in [0, 0.05) is 11.6 Å². The lowest BCUT2D eigenvalue weighted by Gasteiger charge is -2.25. The Morgan fingerprint density at radius 1 is 1.21 bits per heavy atom. The molecule has 0 saturated heterocycles. The zero-order valence-corrected chi connectivity index (χ0v) is 13.4. The van der Waals surface area contributed by atoms with Gasteiger partial charge in [0.25, 0.3) is 0 Å². The lowest BCUT2D eigenvalue weighted by Crippen LogP contribution is -2.29. The minimum atomic E-state index is -0.486. The van der Waals surface area contributed by atoms with Gasteiger partial charge in [-0.2, -0.15) is 0 Å². The van der Waals surface area contributed by atoms with Crippen LogP contribution in [0.25, 0.3) is 0 Å². The molecule has 3 rings (SSSR count). The van der Waals surface area contributed by atoms with Gasteiger partial charge in [-0.25, -0.2) is 0 Å². The SMILES string of the molecule is COc1ccc(C[C@H]2COc3cc(O)c(C)c(O)c3C2=O)cc1O. The first kappa shape index (κ1) is 16.0. The Kier molecular flexibility index (Phi) is 3.97. The van der Waals surface area contributed by atoms with E-state index in [0.717, 1.165) is 5.56 Å². The Labute approximate surface area is 138 Å². The first-order chi connectivity index (χ1) is 11.4. The highest BCUT2D eigenvalue weighted by atomic mass is 16.5. The number of ketones is 1. The fourth-order valence-electron chi connectivity index (χ4n) is 2.85. The third-order valence-corrected chi connectivity index (χ3v) is 4.27. The molecule has 0 spiro atoms. The number of carbonyl (C=O) groups is 1. The molecule has 2 aromatic carbocycles. The number of phenolic OH excluding ortho intramolecular Hbond substituents is 3. The summed E-state index contributed by atoms with van der Waals surface area (Å²) in [4.78, 5) is 12.7. The van der Waals surface area contributed by atoms with Crippen molar-refractivity contribution in [3.05, 3.63) is 41.0 Å². The molecule has 0 fully saturated rings. The number of aromatic hydroxyl groups is 3. The highest BCUT2D eigenvalue weighted by molar-refractivity contribution is 6.04. The van der Waals surface area contributed by atoms with Gasteiger partial charge in [-0.3, -0.25) is 4.79 Å². The van der Waals surface area contributed by atoms with Crippen molar-refractivity contribution >= 4 is 5.78 Å². The van der Waals surface area contributed by atoms with Crippen LogP contribution in [-0.2, 0) is 6.42 Å². The second-order valence-electron chi connectivity index (χ2n) is 5.82. The highest BCUT2D eigenvalue weighted by Crippen LogP contribution is 2.41. The second-order valence-corrected chi connectivity index (χ2v) is 5.82. The normalized spacial score (nSPS) is 16.4. The van der Waals surface area contributed by atoms with Crippen molar-refractivity contribution in [1.29, 1.82) is 0 Å². The van der Waals surface area contributed by atoms with Crippen molar-refractivity contribution in [1.82, 2.24) is 0 Å². The van der Waals surface area contributed by atoms with Crippen LogP contribution in [0.2, 0.25) is 0 Å². The Morgan fingerprint density at radius 3 is 2.62 bits per heavy atom. The second kappa shape index (κ2) is 5.96.